The van der Waals surface area contributed by atoms with Gasteiger partial charge in [-0.2, -0.15) is 0 Å². The molecule has 150 valence electrons. The lowest BCUT2D eigenvalue weighted by Gasteiger charge is -2.22. The molecule has 1 aliphatic heterocycles. The topological polar surface area (TPSA) is 60.3 Å². The summed E-state index contributed by atoms with van der Waals surface area (Å²) in [5, 5.41) is 4.07. The van der Waals surface area contributed by atoms with Crippen LogP contribution in [0.1, 0.15) is 41.3 Å². The first-order chi connectivity index (χ1) is 14.2. The number of nitrogens with zero attached hydrogens (tertiary/aromatic N) is 1. The van der Waals surface area contributed by atoms with Crippen molar-refractivity contribution < 1.29 is 14.3 Å². The minimum atomic E-state index is -0.0337. The Morgan fingerprint density at radius 3 is 2.48 bits per heavy atom. The lowest BCUT2D eigenvalue weighted by molar-refractivity contribution is 0.0642. The molecule has 0 radical (unpaired) electrons. The maximum absolute atomic E-state index is 12.4. The zero-order valence-corrected chi connectivity index (χ0v) is 16.7. The highest BCUT2D eigenvalue weighted by Gasteiger charge is 2.15. The summed E-state index contributed by atoms with van der Waals surface area (Å²) in [6, 6.07) is 15.7. The summed E-state index contributed by atoms with van der Waals surface area (Å²) in [4.78, 5) is 24.4. The highest BCUT2D eigenvalue weighted by molar-refractivity contribution is 5.96. The average Bonchev–Trinajstić information content (AvgIpc) is 3.21. The molecule has 1 amide bonds. The summed E-state index contributed by atoms with van der Waals surface area (Å²) < 4.78 is 7.06. The van der Waals surface area contributed by atoms with Gasteiger partial charge in [-0.05, 0) is 60.2 Å². The molecule has 1 N–H and O–H groups in total. The monoisotopic (exact) mass is 390 g/mol. The van der Waals surface area contributed by atoms with E-state index in [2.05, 4.69) is 11.4 Å². The third-order valence-corrected chi connectivity index (χ3v) is 5.63. The molecule has 0 spiro atoms. The molecule has 29 heavy (non-hydrogen) atoms. The van der Waals surface area contributed by atoms with Crippen molar-refractivity contribution in [1.82, 2.24) is 9.88 Å². The quantitative estimate of drug-likeness (QED) is 0.697. The van der Waals surface area contributed by atoms with Crippen LogP contribution in [-0.2, 0) is 4.74 Å². The molecule has 1 saturated heterocycles. The van der Waals surface area contributed by atoms with Crippen molar-refractivity contribution in [2.24, 2.45) is 5.92 Å². The molecule has 0 bridgehead atoms. The predicted octanol–water partition coefficient (Wildman–Crippen LogP) is 4.51. The molecule has 5 heteroatoms. The van der Waals surface area contributed by atoms with E-state index < -0.39 is 0 Å². The molecule has 2 aromatic carbocycles. The molecule has 0 aliphatic carbocycles. The van der Waals surface area contributed by atoms with Crippen LogP contribution in [-0.4, -0.2) is 36.1 Å². The van der Waals surface area contributed by atoms with Crippen LogP contribution < -0.4 is 5.32 Å². The highest BCUT2D eigenvalue weighted by atomic mass is 16.5. The summed E-state index contributed by atoms with van der Waals surface area (Å²) in [6.45, 7) is 4.14. The lowest BCUT2D eigenvalue weighted by atomic mass is 10.00. The van der Waals surface area contributed by atoms with E-state index in [-0.39, 0.29) is 11.8 Å². The van der Waals surface area contributed by atoms with Gasteiger partial charge in [-0.25, -0.2) is 0 Å². The highest BCUT2D eigenvalue weighted by Crippen LogP contribution is 2.26. The molecule has 2 heterocycles. The molecule has 3 aromatic rings. The number of fused-ring (bicyclic) bond motifs is 1. The minimum absolute atomic E-state index is 0.0337. The van der Waals surface area contributed by atoms with Gasteiger partial charge >= 0.3 is 0 Å². The van der Waals surface area contributed by atoms with Crippen LogP contribution in [0, 0.1) is 5.92 Å². The van der Waals surface area contributed by atoms with Gasteiger partial charge in [0.15, 0.2) is 0 Å². The maximum Gasteiger partial charge on any atom is 0.251 e. The van der Waals surface area contributed by atoms with Gasteiger partial charge in [-0.3, -0.25) is 14.2 Å². The number of nitrogens with one attached hydrogen (secondary N) is 1. The Bertz CT molecular complexity index is 1010. The summed E-state index contributed by atoms with van der Waals surface area (Å²) in [5.74, 6) is 0.558. The first-order valence-corrected chi connectivity index (χ1v) is 10.3. The Labute approximate surface area is 170 Å². The van der Waals surface area contributed by atoms with Crippen molar-refractivity contribution in [3.8, 4) is 11.1 Å². The van der Waals surface area contributed by atoms with Gasteiger partial charge < -0.3 is 10.1 Å². The molecule has 1 aliphatic rings. The third-order valence-electron chi connectivity index (χ3n) is 5.63. The van der Waals surface area contributed by atoms with Gasteiger partial charge in [-0.1, -0.05) is 25.1 Å². The van der Waals surface area contributed by atoms with Crippen LogP contribution in [0.15, 0.2) is 54.7 Å². The second kappa shape index (κ2) is 8.62. The van der Waals surface area contributed by atoms with Crippen molar-refractivity contribution in [1.29, 1.82) is 0 Å². The standard InChI is InChI=1S/C24H26N2O3/c1-2-23(27)26-12-9-21-15-20(7-8-22(21)26)18-3-5-19(6-4-18)24(28)25-16-17-10-13-29-14-11-17/h3-9,12,15,17H,2,10-11,13-14,16H2,1H3,(H,25,28). The fraction of sp³-hybridized carbons (Fsp3) is 0.333. The summed E-state index contributed by atoms with van der Waals surface area (Å²) in [6.07, 6.45) is 4.32. The van der Waals surface area contributed by atoms with Crippen molar-refractivity contribution in [2.75, 3.05) is 19.8 Å². The van der Waals surface area contributed by atoms with Crippen molar-refractivity contribution in [2.45, 2.75) is 26.2 Å². The van der Waals surface area contributed by atoms with E-state index in [9.17, 15) is 9.59 Å². The Balaban J connectivity index is 1.45. The van der Waals surface area contributed by atoms with Gasteiger partial charge in [0.1, 0.15) is 0 Å². The molecular weight excluding hydrogens is 364 g/mol. The third kappa shape index (κ3) is 4.25. The molecule has 1 fully saturated rings. The van der Waals surface area contributed by atoms with E-state index in [0.29, 0.717) is 24.4 Å². The van der Waals surface area contributed by atoms with E-state index in [0.717, 1.165) is 48.1 Å². The number of hydrogen-bond donors (Lipinski definition) is 1. The van der Waals surface area contributed by atoms with Crippen LogP contribution in [0.4, 0.5) is 0 Å². The van der Waals surface area contributed by atoms with E-state index in [1.54, 1.807) is 4.57 Å². The summed E-state index contributed by atoms with van der Waals surface area (Å²) in [7, 11) is 0. The molecule has 1 aromatic heterocycles. The van der Waals surface area contributed by atoms with Crippen molar-refractivity contribution in [3.05, 3.63) is 60.3 Å². The Morgan fingerprint density at radius 1 is 1.03 bits per heavy atom. The fourth-order valence-electron chi connectivity index (χ4n) is 3.81. The van der Waals surface area contributed by atoms with E-state index in [1.807, 2.05) is 55.6 Å². The van der Waals surface area contributed by atoms with E-state index in [4.69, 9.17) is 4.74 Å². The van der Waals surface area contributed by atoms with Gasteiger partial charge in [0.05, 0.1) is 5.52 Å². The van der Waals surface area contributed by atoms with Gasteiger partial charge in [0.2, 0.25) is 5.91 Å². The number of carbonyl (C=O) groups is 2. The second-order valence-electron chi connectivity index (χ2n) is 7.55. The van der Waals surface area contributed by atoms with Gasteiger partial charge in [0, 0.05) is 43.3 Å². The summed E-state index contributed by atoms with van der Waals surface area (Å²) in [5.41, 5.74) is 3.70. The van der Waals surface area contributed by atoms with E-state index in [1.165, 1.54) is 0 Å². The number of carbonyl (C=O) groups excluding carboxylic acids is 2. The molecule has 0 atom stereocenters. The summed E-state index contributed by atoms with van der Waals surface area (Å²) >= 11 is 0. The zero-order valence-electron chi connectivity index (χ0n) is 16.7. The lowest BCUT2D eigenvalue weighted by Crippen LogP contribution is -2.32. The predicted molar refractivity (Wildman–Crippen MR) is 114 cm³/mol. The SMILES string of the molecule is CCC(=O)n1ccc2cc(-c3ccc(C(=O)NCC4CCOCC4)cc3)ccc21. The van der Waals surface area contributed by atoms with E-state index >= 15 is 0 Å². The van der Waals surface area contributed by atoms with Crippen LogP contribution in [0.25, 0.3) is 22.0 Å². The van der Waals surface area contributed by atoms with Crippen molar-refractivity contribution in [3.63, 3.8) is 0 Å². The normalized spacial score (nSPS) is 14.8. The second-order valence-corrected chi connectivity index (χ2v) is 7.55. The largest absolute Gasteiger partial charge is 0.381 e. The Hall–Kier alpha value is -2.92. The Morgan fingerprint density at radius 2 is 1.76 bits per heavy atom. The fourth-order valence-corrected chi connectivity index (χ4v) is 3.81. The molecule has 4 rings (SSSR count). The zero-order chi connectivity index (χ0) is 20.2. The molecular formula is C24H26N2O3. The Kier molecular flexibility index (Phi) is 5.76. The van der Waals surface area contributed by atoms with Crippen LogP contribution >= 0.6 is 0 Å². The number of amides is 1. The average molecular weight is 390 g/mol. The number of aromatic nitrogens is 1. The molecule has 5 nitrogen and oxygen atoms in total. The molecule has 0 unspecified atom stereocenters. The number of ether oxygens (including phenoxy) is 1. The van der Waals surface area contributed by atoms with Crippen LogP contribution in [0.5, 0.6) is 0 Å². The minimum Gasteiger partial charge on any atom is -0.381 e. The van der Waals surface area contributed by atoms with Crippen molar-refractivity contribution >= 4 is 22.7 Å². The van der Waals surface area contributed by atoms with Crippen LogP contribution in [0.3, 0.4) is 0 Å². The number of hydrogen-bond acceptors (Lipinski definition) is 3. The maximum atomic E-state index is 12.4. The first-order valence-electron chi connectivity index (χ1n) is 10.3. The molecule has 0 saturated carbocycles. The van der Waals surface area contributed by atoms with Crippen LogP contribution in [0.2, 0.25) is 0 Å². The number of rotatable bonds is 5. The smallest absolute Gasteiger partial charge is 0.251 e. The van der Waals surface area contributed by atoms with Gasteiger partial charge in [-0.15, -0.1) is 0 Å². The van der Waals surface area contributed by atoms with Gasteiger partial charge in [0.25, 0.3) is 5.91 Å². The first kappa shape index (κ1) is 19.4. The number of benzene rings is 2.